The minimum Gasteiger partial charge on any atom is -0.491 e. The molecule has 0 radical (unpaired) electrons. The summed E-state index contributed by atoms with van der Waals surface area (Å²) in [6.45, 7) is 5.04. The van der Waals surface area contributed by atoms with Crippen LogP contribution in [-0.4, -0.2) is 11.6 Å². The first kappa shape index (κ1) is 7.59. The summed E-state index contributed by atoms with van der Waals surface area (Å²) in [7, 11) is 0. The van der Waals surface area contributed by atoms with Crippen molar-refractivity contribution in [2.75, 3.05) is 6.61 Å². The lowest BCUT2D eigenvalue weighted by Crippen LogP contribution is -1.94. The van der Waals surface area contributed by atoms with Gasteiger partial charge in [-0.3, -0.25) is 4.98 Å². The summed E-state index contributed by atoms with van der Waals surface area (Å²) in [6, 6.07) is 0. The van der Waals surface area contributed by atoms with Crippen LogP contribution in [0.3, 0.4) is 0 Å². The molecule has 2 rings (SSSR count). The number of aromatic nitrogens is 1. The third kappa shape index (κ3) is 0.986. The van der Waals surface area contributed by atoms with Crippen LogP contribution in [0.15, 0.2) is 6.20 Å². The summed E-state index contributed by atoms with van der Waals surface area (Å²) in [5, 5.41) is 0. The number of hydrogen-bond acceptors (Lipinski definition) is 2. The van der Waals surface area contributed by atoms with Gasteiger partial charge in [0.05, 0.1) is 12.3 Å². The fraction of sp³-hybridized carbons (Fsp3) is 0.500. The fourth-order valence-corrected chi connectivity index (χ4v) is 1.65. The highest BCUT2D eigenvalue weighted by Gasteiger charge is 2.18. The van der Waals surface area contributed by atoms with E-state index in [9.17, 15) is 0 Å². The first-order valence-electron chi connectivity index (χ1n) is 4.43. The van der Waals surface area contributed by atoms with Crippen molar-refractivity contribution in [2.24, 2.45) is 0 Å². The molecule has 0 spiro atoms. The molecule has 64 valence electrons. The van der Waals surface area contributed by atoms with Crippen molar-refractivity contribution in [1.29, 1.82) is 0 Å². The van der Waals surface area contributed by atoms with Crippen LogP contribution >= 0.6 is 0 Å². The second kappa shape index (κ2) is 2.77. The van der Waals surface area contributed by atoms with Crippen LogP contribution in [0.25, 0.3) is 0 Å². The first-order valence-corrected chi connectivity index (χ1v) is 4.43. The molecular formula is C10H13NO. The van der Waals surface area contributed by atoms with Crippen molar-refractivity contribution < 1.29 is 4.74 Å². The number of rotatable bonds is 1. The van der Waals surface area contributed by atoms with E-state index in [4.69, 9.17) is 4.74 Å². The molecule has 1 aliphatic heterocycles. The highest BCUT2D eigenvalue weighted by molar-refractivity contribution is 5.44. The van der Waals surface area contributed by atoms with Gasteiger partial charge < -0.3 is 4.74 Å². The van der Waals surface area contributed by atoms with E-state index in [2.05, 4.69) is 18.8 Å². The van der Waals surface area contributed by atoms with Crippen molar-refractivity contribution in [3.8, 4) is 5.75 Å². The van der Waals surface area contributed by atoms with Crippen LogP contribution in [0.1, 0.15) is 23.7 Å². The maximum absolute atomic E-state index is 5.54. The third-order valence-electron chi connectivity index (χ3n) is 2.36. The number of ether oxygens (including phenoxy) is 1. The zero-order chi connectivity index (χ0) is 8.55. The second-order valence-corrected chi connectivity index (χ2v) is 3.15. The fourth-order valence-electron chi connectivity index (χ4n) is 1.65. The Kier molecular flexibility index (Phi) is 1.75. The normalized spacial score (nSPS) is 14.2. The van der Waals surface area contributed by atoms with Crippen LogP contribution in [0.5, 0.6) is 5.75 Å². The molecule has 1 aliphatic rings. The Morgan fingerprint density at radius 1 is 1.58 bits per heavy atom. The number of nitrogens with zero attached hydrogens (tertiary/aromatic N) is 1. The summed E-state index contributed by atoms with van der Waals surface area (Å²) < 4.78 is 5.54. The molecule has 0 N–H and O–H groups in total. The molecule has 12 heavy (non-hydrogen) atoms. The molecule has 0 aliphatic carbocycles. The summed E-state index contributed by atoms with van der Waals surface area (Å²) in [6.07, 6.45) is 3.96. The molecule has 0 fully saturated rings. The van der Waals surface area contributed by atoms with Crippen molar-refractivity contribution in [3.63, 3.8) is 0 Å². The van der Waals surface area contributed by atoms with Gasteiger partial charge in [-0.15, -0.1) is 0 Å². The molecule has 0 saturated heterocycles. The maximum Gasteiger partial charge on any atom is 0.144 e. The SMILES string of the molecule is CCc1ncc(C)c2c1OCC2. The topological polar surface area (TPSA) is 22.1 Å². The number of fused-ring (bicyclic) bond motifs is 1. The average Bonchev–Trinajstić information content (AvgIpc) is 2.54. The van der Waals surface area contributed by atoms with Crippen LogP contribution in [-0.2, 0) is 12.8 Å². The molecule has 0 saturated carbocycles. The Morgan fingerprint density at radius 2 is 2.42 bits per heavy atom. The summed E-state index contributed by atoms with van der Waals surface area (Å²) >= 11 is 0. The van der Waals surface area contributed by atoms with E-state index in [1.807, 2.05) is 6.20 Å². The summed E-state index contributed by atoms with van der Waals surface area (Å²) in [5.41, 5.74) is 3.73. The van der Waals surface area contributed by atoms with E-state index in [1.54, 1.807) is 0 Å². The molecule has 0 unspecified atom stereocenters. The number of pyridine rings is 1. The zero-order valence-corrected chi connectivity index (χ0v) is 7.55. The quantitative estimate of drug-likeness (QED) is 0.630. The van der Waals surface area contributed by atoms with Crippen molar-refractivity contribution in [2.45, 2.75) is 26.7 Å². The van der Waals surface area contributed by atoms with Gasteiger partial charge in [-0.05, 0) is 18.9 Å². The van der Waals surface area contributed by atoms with Crippen molar-refractivity contribution in [3.05, 3.63) is 23.0 Å². The van der Waals surface area contributed by atoms with Gasteiger partial charge >= 0.3 is 0 Å². The van der Waals surface area contributed by atoms with Crippen LogP contribution in [0, 0.1) is 6.92 Å². The Morgan fingerprint density at radius 3 is 3.17 bits per heavy atom. The Balaban J connectivity index is 2.57. The Hall–Kier alpha value is -1.05. The average molecular weight is 163 g/mol. The highest BCUT2D eigenvalue weighted by atomic mass is 16.5. The van der Waals surface area contributed by atoms with E-state index in [0.717, 1.165) is 30.9 Å². The van der Waals surface area contributed by atoms with Gasteiger partial charge in [0.25, 0.3) is 0 Å². The molecule has 0 amide bonds. The molecule has 0 bridgehead atoms. The number of hydrogen-bond donors (Lipinski definition) is 0. The molecule has 0 atom stereocenters. The van der Waals surface area contributed by atoms with Gasteiger partial charge in [0.1, 0.15) is 5.75 Å². The van der Waals surface area contributed by atoms with Gasteiger partial charge in [0, 0.05) is 18.2 Å². The van der Waals surface area contributed by atoms with Gasteiger partial charge in [-0.25, -0.2) is 0 Å². The van der Waals surface area contributed by atoms with Gasteiger partial charge in [-0.1, -0.05) is 6.92 Å². The van der Waals surface area contributed by atoms with E-state index in [0.29, 0.717) is 0 Å². The molecule has 0 aromatic carbocycles. The molecular weight excluding hydrogens is 150 g/mol. The van der Waals surface area contributed by atoms with E-state index in [-0.39, 0.29) is 0 Å². The minimum absolute atomic E-state index is 0.828. The van der Waals surface area contributed by atoms with Crippen LogP contribution in [0.2, 0.25) is 0 Å². The number of aryl methyl sites for hydroxylation is 2. The van der Waals surface area contributed by atoms with Crippen molar-refractivity contribution >= 4 is 0 Å². The molecule has 2 heteroatoms. The van der Waals surface area contributed by atoms with Gasteiger partial charge in [-0.2, -0.15) is 0 Å². The second-order valence-electron chi connectivity index (χ2n) is 3.15. The lowest BCUT2D eigenvalue weighted by molar-refractivity contribution is 0.352. The Bertz CT molecular complexity index is 307. The van der Waals surface area contributed by atoms with E-state index in [1.165, 1.54) is 11.1 Å². The van der Waals surface area contributed by atoms with Crippen LogP contribution < -0.4 is 4.74 Å². The van der Waals surface area contributed by atoms with Gasteiger partial charge in [0.15, 0.2) is 0 Å². The standard InChI is InChI=1S/C10H13NO/c1-3-9-10-8(4-5-12-10)7(2)6-11-9/h6H,3-5H2,1-2H3. The van der Waals surface area contributed by atoms with E-state index < -0.39 is 0 Å². The lowest BCUT2D eigenvalue weighted by atomic mass is 10.1. The first-order chi connectivity index (χ1) is 5.83. The molecule has 2 heterocycles. The lowest BCUT2D eigenvalue weighted by Gasteiger charge is -2.05. The minimum atomic E-state index is 0.828. The molecule has 2 nitrogen and oxygen atoms in total. The maximum atomic E-state index is 5.54. The molecule has 1 aromatic rings. The molecule has 1 aromatic heterocycles. The summed E-state index contributed by atoms with van der Waals surface area (Å²) in [4.78, 5) is 4.34. The Labute approximate surface area is 72.6 Å². The zero-order valence-electron chi connectivity index (χ0n) is 7.55. The van der Waals surface area contributed by atoms with Crippen molar-refractivity contribution in [1.82, 2.24) is 4.98 Å². The van der Waals surface area contributed by atoms with E-state index >= 15 is 0 Å². The van der Waals surface area contributed by atoms with Crippen LogP contribution in [0.4, 0.5) is 0 Å². The third-order valence-corrected chi connectivity index (χ3v) is 2.36. The predicted octanol–water partition coefficient (Wildman–Crippen LogP) is 1.89. The predicted molar refractivity (Wildman–Crippen MR) is 47.6 cm³/mol. The van der Waals surface area contributed by atoms with Gasteiger partial charge in [0.2, 0.25) is 0 Å². The smallest absolute Gasteiger partial charge is 0.144 e. The summed E-state index contributed by atoms with van der Waals surface area (Å²) in [5.74, 6) is 1.05. The highest BCUT2D eigenvalue weighted by Crippen LogP contribution is 2.30. The monoisotopic (exact) mass is 163 g/mol. The largest absolute Gasteiger partial charge is 0.491 e.